The minimum atomic E-state index is -0.0462. The molecule has 1 aromatic heterocycles. The first kappa shape index (κ1) is 17.5. The van der Waals surface area contributed by atoms with Crippen LogP contribution in [-0.2, 0) is 22.5 Å². The predicted molar refractivity (Wildman–Crippen MR) is 94.1 cm³/mol. The van der Waals surface area contributed by atoms with E-state index in [1.54, 1.807) is 10.7 Å². The van der Waals surface area contributed by atoms with Crippen LogP contribution in [0.25, 0.3) is 0 Å². The Hall–Kier alpha value is -1.93. The van der Waals surface area contributed by atoms with E-state index in [0.717, 1.165) is 43.4 Å². The van der Waals surface area contributed by atoms with Crippen LogP contribution < -0.4 is 10.9 Å². The Morgan fingerprint density at radius 1 is 1.12 bits per heavy atom. The van der Waals surface area contributed by atoms with Crippen molar-refractivity contribution in [1.29, 1.82) is 0 Å². The molecule has 142 valence electrons. The maximum absolute atomic E-state index is 12.4. The SMILES string of the molecule is O=C(NC1CCC(n2nc3c(cc2=O)COCC3)CC1)N1CCOCC1. The Balaban J connectivity index is 1.35. The molecule has 1 N–H and O–H groups in total. The molecule has 4 rings (SSSR count). The molecule has 8 heteroatoms. The zero-order chi connectivity index (χ0) is 17.9. The van der Waals surface area contributed by atoms with Crippen molar-refractivity contribution in [2.24, 2.45) is 0 Å². The standard InChI is InChI=1S/C18H26N4O4/c23-17-11-13-12-26-8-5-16(13)20-22(17)15-3-1-14(2-4-15)19-18(24)21-6-9-25-10-7-21/h11,14-15H,1-10,12H2,(H,19,24). The molecule has 3 aliphatic rings. The quantitative estimate of drug-likeness (QED) is 0.843. The highest BCUT2D eigenvalue weighted by Gasteiger charge is 2.27. The first-order chi connectivity index (χ1) is 12.7. The average Bonchev–Trinajstić information content (AvgIpc) is 2.69. The second-order valence-electron chi connectivity index (χ2n) is 7.26. The summed E-state index contributed by atoms with van der Waals surface area (Å²) in [5.41, 5.74) is 1.86. The molecule has 2 amide bonds. The fraction of sp³-hybridized carbons (Fsp3) is 0.722. The van der Waals surface area contributed by atoms with Crippen LogP contribution in [0.2, 0.25) is 0 Å². The molecule has 8 nitrogen and oxygen atoms in total. The topological polar surface area (TPSA) is 85.7 Å². The molecule has 1 saturated carbocycles. The molecule has 3 heterocycles. The summed E-state index contributed by atoms with van der Waals surface area (Å²) in [6.45, 7) is 3.67. The highest BCUT2D eigenvalue weighted by molar-refractivity contribution is 5.74. The highest BCUT2D eigenvalue weighted by Crippen LogP contribution is 2.27. The van der Waals surface area contributed by atoms with E-state index in [1.165, 1.54) is 0 Å². The lowest BCUT2D eigenvalue weighted by atomic mass is 9.91. The van der Waals surface area contributed by atoms with Crippen molar-refractivity contribution >= 4 is 6.03 Å². The van der Waals surface area contributed by atoms with E-state index < -0.39 is 0 Å². The number of amides is 2. The van der Waals surface area contributed by atoms with Crippen LogP contribution in [-0.4, -0.2) is 59.7 Å². The summed E-state index contributed by atoms with van der Waals surface area (Å²) < 4.78 is 12.3. The summed E-state index contributed by atoms with van der Waals surface area (Å²) in [7, 11) is 0. The number of carbonyl (C=O) groups is 1. The maximum atomic E-state index is 12.4. The van der Waals surface area contributed by atoms with Gasteiger partial charge < -0.3 is 19.7 Å². The number of nitrogens with zero attached hydrogens (tertiary/aromatic N) is 3. The van der Waals surface area contributed by atoms with Crippen LogP contribution in [0.3, 0.4) is 0 Å². The number of urea groups is 1. The summed E-state index contributed by atoms with van der Waals surface area (Å²) in [5, 5.41) is 7.74. The van der Waals surface area contributed by atoms with Crippen LogP contribution in [0.5, 0.6) is 0 Å². The molecule has 1 saturated heterocycles. The van der Waals surface area contributed by atoms with E-state index in [9.17, 15) is 9.59 Å². The predicted octanol–water partition coefficient (Wildman–Crippen LogP) is 0.841. The summed E-state index contributed by atoms with van der Waals surface area (Å²) in [4.78, 5) is 26.5. The second-order valence-corrected chi connectivity index (χ2v) is 7.26. The van der Waals surface area contributed by atoms with E-state index in [1.807, 2.05) is 4.90 Å². The van der Waals surface area contributed by atoms with Gasteiger partial charge in [0.1, 0.15) is 0 Å². The molecular weight excluding hydrogens is 336 g/mol. The molecule has 0 unspecified atom stereocenters. The van der Waals surface area contributed by atoms with Crippen LogP contribution in [0, 0.1) is 0 Å². The Morgan fingerprint density at radius 2 is 1.88 bits per heavy atom. The van der Waals surface area contributed by atoms with E-state index in [0.29, 0.717) is 39.5 Å². The summed E-state index contributed by atoms with van der Waals surface area (Å²) >= 11 is 0. The summed E-state index contributed by atoms with van der Waals surface area (Å²) in [5.74, 6) is 0. The van der Waals surface area contributed by atoms with Gasteiger partial charge in [0, 0.05) is 37.2 Å². The van der Waals surface area contributed by atoms with Gasteiger partial charge in [-0.3, -0.25) is 4.79 Å². The smallest absolute Gasteiger partial charge is 0.317 e. The third kappa shape index (κ3) is 3.76. The molecule has 0 atom stereocenters. The first-order valence-electron chi connectivity index (χ1n) is 9.53. The lowest BCUT2D eigenvalue weighted by Gasteiger charge is -2.33. The molecule has 0 aromatic carbocycles. The Morgan fingerprint density at radius 3 is 2.65 bits per heavy atom. The van der Waals surface area contributed by atoms with Crippen molar-refractivity contribution in [3.05, 3.63) is 27.7 Å². The summed E-state index contributed by atoms with van der Waals surface area (Å²) in [6.07, 6.45) is 4.22. The molecule has 26 heavy (non-hydrogen) atoms. The summed E-state index contributed by atoms with van der Waals surface area (Å²) in [6, 6.07) is 1.96. The lowest BCUT2D eigenvalue weighted by molar-refractivity contribution is 0.0519. The minimum Gasteiger partial charge on any atom is -0.378 e. The Kier molecular flexibility index (Phi) is 5.21. The molecular formula is C18H26N4O4. The molecule has 1 aromatic rings. The number of morpholine rings is 1. The number of ether oxygens (including phenoxy) is 2. The molecule has 0 radical (unpaired) electrons. The zero-order valence-corrected chi connectivity index (χ0v) is 15.0. The van der Waals surface area contributed by atoms with Gasteiger partial charge in [-0.1, -0.05) is 0 Å². The largest absolute Gasteiger partial charge is 0.378 e. The first-order valence-corrected chi connectivity index (χ1v) is 9.53. The number of aromatic nitrogens is 2. The number of hydrogen-bond acceptors (Lipinski definition) is 5. The Bertz CT molecular complexity index is 706. The van der Waals surface area contributed by atoms with Gasteiger partial charge >= 0.3 is 6.03 Å². The molecule has 2 aliphatic heterocycles. The van der Waals surface area contributed by atoms with Crippen molar-refractivity contribution in [1.82, 2.24) is 20.0 Å². The maximum Gasteiger partial charge on any atom is 0.317 e. The van der Waals surface area contributed by atoms with Gasteiger partial charge in [0.2, 0.25) is 0 Å². The van der Waals surface area contributed by atoms with Crippen molar-refractivity contribution in [2.45, 2.75) is 50.8 Å². The van der Waals surface area contributed by atoms with Gasteiger partial charge in [-0.05, 0) is 25.7 Å². The number of nitrogens with one attached hydrogen (secondary N) is 1. The number of fused-ring (bicyclic) bond motifs is 1. The fourth-order valence-corrected chi connectivity index (χ4v) is 3.99. The van der Waals surface area contributed by atoms with Gasteiger partial charge in [0.25, 0.3) is 5.56 Å². The van der Waals surface area contributed by atoms with Gasteiger partial charge in [0.15, 0.2) is 0 Å². The van der Waals surface area contributed by atoms with Crippen molar-refractivity contribution in [3.8, 4) is 0 Å². The van der Waals surface area contributed by atoms with Crippen molar-refractivity contribution in [3.63, 3.8) is 0 Å². The fourth-order valence-electron chi connectivity index (χ4n) is 3.99. The third-order valence-corrected chi connectivity index (χ3v) is 5.53. The number of rotatable bonds is 2. The normalized spacial score (nSPS) is 26.2. The monoisotopic (exact) mass is 362 g/mol. The van der Waals surface area contributed by atoms with Crippen LogP contribution >= 0.6 is 0 Å². The van der Waals surface area contributed by atoms with E-state index in [4.69, 9.17) is 9.47 Å². The van der Waals surface area contributed by atoms with Crippen LogP contribution in [0.15, 0.2) is 10.9 Å². The molecule has 2 fully saturated rings. The highest BCUT2D eigenvalue weighted by atomic mass is 16.5. The van der Waals surface area contributed by atoms with Gasteiger partial charge in [-0.15, -0.1) is 0 Å². The van der Waals surface area contributed by atoms with Gasteiger partial charge in [0.05, 0.1) is 38.2 Å². The minimum absolute atomic E-state index is 0.000762. The van der Waals surface area contributed by atoms with Crippen LogP contribution in [0.1, 0.15) is 43.0 Å². The third-order valence-electron chi connectivity index (χ3n) is 5.53. The zero-order valence-electron chi connectivity index (χ0n) is 15.0. The van der Waals surface area contributed by atoms with Crippen LogP contribution in [0.4, 0.5) is 4.79 Å². The van der Waals surface area contributed by atoms with E-state index >= 15 is 0 Å². The van der Waals surface area contributed by atoms with Gasteiger partial charge in [-0.25, -0.2) is 9.48 Å². The lowest BCUT2D eigenvalue weighted by Crippen LogP contribution is -2.50. The molecule has 1 aliphatic carbocycles. The van der Waals surface area contributed by atoms with Crippen molar-refractivity contribution in [2.75, 3.05) is 32.9 Å². The van der Waals surface area contributed by atoms with Crippen molar-refractivity contribution < 1.29 is 14.3 Å². The average molecular weight is 362 g/mol. The second kappa shape index (κ2) is 7.75. The number of hydrogen-bond donors (Lipinski definition) is 1. The Labute approximate surface area is 152 Å². The van der Waals surface area contributed by atoms with E-state index in [2.05, 4.69) is 10.4 Å². The van der Waals surface area contributed by atoms with Gasteiger partial charge in [-0.2, -0.15) is 5.10 Å². The van der Waals surface area contributed by atoms with E-state index in [-0.39, 0.29) is 23.7 Å². The molecule has 0 spiro atoms. The number of carbonyl (C=O) groups excluding carboxylic acids is 1. The molecule has 0 bridgehead atoms.